The first-order valence-corrected chi connectivity index (χ1v) is 11.2. The molecule has 0 aliphatic carbocycles. The minimum atomic E-state index is -0.361. The quantitative estimate of drug-likeness (QED) is 0.308. The Labute approximate surface area is 192 Å². The Balaban J connectivity index is 1.43. The second kappa shape index (κ2) is 11.3. The number of amides is 2. The Morgan fingerprint density at radius 2 is 1.53 bits per heavy atom. The fourth-order valence-corrected chi connectivity index (χ4v) is 3.87. The van der Waals surface area contributed by atoms with Gasteiger partial charge in [0.1, 0.15) is 5.75 Å². The van der Waals surface area contributed by atoms with Gasteiger partial charge in [0.15, 0.2) is 5.16 Å². The van der Waals surface area contributed by atoms with E-state index >= 15 is 0 Å². The van der Waals surface area contributed by atoms with Gasteiger partial charge in [0, 0.05) is 29.1 Å². The van der Waals surface area contributed by atoms with Crippen molar-refractivity contribution in [2.24, 2.45) is 0 Å². The molecule has 1 aromatic heterocycles. The summed E-state index contributed by atoms with van der Waals surface area (Å²) in [6, 6.07) is 16.7. The lowest BCUT2D eigenvalue weighted by Crippen LogP contribution is -2.41. The molecule has 166 valence electrons. The van der Waals surface area contributed by atoms with Crippen molar-refractivity contribution in [3.63, 3.8) is 0 Å². The number of methoxy groups -OCH3 is 1. The van der Waals surface area contributed by atoms with Crippen molar-refractivity contribution in [2.45, 2.75) is 37.6 Å². The first-order valence-electron chi connectivity index (χ1n) is 10.2. The molecule has 0 unspecified atom stereocenters. The van der Waals surface area contributed by atoms with Crippen LogP contribution >= 0.6 is 11.8 Å². The molecule has 0 radical (unpaired) electrons. The molecule has 2 aromatic carbocycles. The molecule has 0 fully saturated rings. The van der Waals surface area contributed by atoms with Gasteiger partial charge in [-0.2, -0.15) is 0 Å². The molecule has 3 rings (SSSR count). The number of rotatable bonds is 8. The van der Waals surface area contributed by atoms with Gasteiger partial charge in [0.05, 0.1) is 7.11 Å². The third-order valence-corrected chi connectivity index (χ3v) is 5.58. The van der Waals surface area contributed by atoms with Crippen molar-refractivity contribution in [1.82, 2.24) is 20.8 Å². The molecule has 3 aromatic rings. The number of hydrogen-bond acceptors (Lipinski definition) is 6. The Hall–Kier alpha value is -3.39. The van der Waals surface area contributed by atoms with Crippen LogP contribution in [-0.2, 0) is 17.0 Å². The highest BCUT2D eigenvalue weighted by molar-refractivity contribution is 7.98. The Kier molecular flexibility index (Phi) is 8.21. The van der Waals surface area contributed by atoms with Crippen molar-refractivity contribution in [1.29, 1.82) is 0 Å². The molecule has 0 spiro atoms. The van der Waals surface area contributed by atoms with E-state index in [1.54, 1.807) is 31.0 Å². The van der Waals surface area contributed by atoms with E-state index in [1.165, 1.54) is 0 Å². The maximum absolute atomic E-state index is 12.3. The Bertz CT molecular complexity index is 1050. The zero-order valence-corrected chi connectivity index (χ0v) is 19.2. The molecular weight excluding hydrogens is 424 g/mol. The van der Waals surface area contributed by atoms with Gasteiger partial charge in [-0.1, -0.05) is 36.0 Å². The number of thioether (sulfide) groups is 1. The average molecular weight is 451 g/mol. The highest BCUT2D eigenvalue weighted by Gasteiger charge is 2.09. The third-order valence-electron chi connectivity index (χ3n) is 4.66. The van der Waals surface area contributed by atoms with Crippen molar-refractivity contribution in [3.8, 4) is 5.75 Å². The minimum Gasteiger partial charge on any atom is -0.497 e. The number of benzene rings is 2. The van der Waals surface area contributed by atoms with Gasteiger partial charge in [-0.05, 0) is 61.7 Å². The van der Waals surface area contributed by atoms with E-state index in [0.29, 0.717) is 17.7 Å². The van der Waals surface area contributed by atoms with Crippen LogP contribution in [0.1, 0.15) is 39.3 Å². The molecule has 0 aliphatic heterocycles. The summed E-state index contributed by atoms with van der Waals surface area (Å²) >= 11 is 1.55. The molecule has 7 nitrogen and oxygen atoms in total. The van der Waals surface area contributed by atoms with Crippen LogP contribution in [0.15, 0.2) is 59.8 Å². The largest absolute Gasteiger partial charge is 0.497 e. The smallest absolute Gasteiger partial charge is 0.269 e. The zero-order valence-electron chi connectivity index (χ0n) is 18.3. The lowest BCUT2D eigenvalue weighted by atomic mass is 10.1. The van der Waals surface area contributed by atoms with E-state index in [9.17, 15) is 9.59 Å². The number of hydrogen-bond donors (Lipinski definition) is 2. The van der Waals surface area contributed by atoms with Crippen LogP contribution in [0.3, 0.4) is 0 Å². The number of carbonyl (C=O) groups excluding carboxylic acids is 2. The molecule has 2 N–H and O–H groups in total. The topological polar surface area (TPSA) is 93.2 Å². The van der Waals surface area contributed by atoms with E-state index in [4.69, 9.17) is 4.74 Å². The second-order valence-corrected chi connectivity index (χ2v) is 8.21. The second-order valence-electron chi connectivity index (χ2n) is 7.27. The van der Waals surface area contributed by atoms with Crippen molar-refractivity contribution < 1.29 is 14.3 Å². The van der Waals surface area contributed by atoms with Crippen LogP contribution in [0.4, 0.5) is 0 Å². The molecule has 0 saturated carbocycles. The van der Waals surface area contributed by atoms with Crippen LogP contribution in [0.5, 0.6) is 5.75 Å². The normalized spacial score (nSPS) is 10.5. The summed E-state index contributed by atoms with van der Waals surface area (Å²) in [5.74, 6) is 0.858. The highest BCUT2D eigenvalue weighted by Crippen LogP contribution is 2.20. The van der Waals surface area contributed by atoms with Crippen LogP contribution in [-0.4, -0.2) is 28.9 Å². The standard InChI is InChI=1S/C24H26N4O3S/c1-16-14-17(2)26-24(25-16)32-15-19-4-9-20(10-5-19)23(30)28-27-22(29)13-8-18-6-11-21(31-3)12-7-18/h4-7,9-12,14H,8,13,15H2,1-3H3,(H,27,29)(H,28,30). The molecule has 0 saturated heterocycles. The molecule has 8 heteroatoms. The first kappa shape index (κ1) is 23.3. The molecular formula is C24H26N4O3S. The van der Waals surface area contributed by atoms with E-state index in [1.807, 2.05) is 56.3 Å². The number of hydrazine groups is 1. The van der Waals surface area contributed by atoms with E-state index < -0.39 is 0 Å². The van der Waals surface area contributed by atoms with Gasteiger partial charge < -0.3 is 4.74 Å². The summed E-state index contributed by atoms with van der Waals surface area (Å²) in [5.41, 5.74) is 9.35. The Morgan fingerprint density at radius 1 is 0.906 bits per heavy atom. The SMILES string of the molecule is COc1ccc(CCC(=O)NNC(=O)c2ccc(CSc3nc(C)cc(C)n3)cc2)cc1. The van der Waals surface area contributed by atoms with Crippen LogP contribution in [0.25, 0.3) is 0 Å². The van der Waals surface area contributed by atoms with Gasteiger partial charge in [-0.25, -0.2) is 9.97 Å². The maximum Gasteiger partial charge on any atom is 0.269 e. The van der Waals surface area contributed by atoms with Gasteiger partial charge >= 0.3 is 0 Å². The minimum absolute atomic E-state index is 0.254. The van der Waals surface area contributed by atoms with Gasteiger partial charge in [0.2, 0.25) is 5.91 Å². The van der Waals surface area contributed by atoms with Gasteiger partial charge in [-0.15, -0.1) is 0 Å². The number of nitrogens with one attached hydrogen (secondary N) is 2. The molecule has 0 atom stereocenters. The lowest BCUT2D eigenvalue weighted by molar-refractivity contribution is -0.121. The summed E-state index contributed by atoms with van der Waals surface area (Å²) in [6.45, 7) is 3.90. The van der Waals surface area contributed by atoms with Crippen molar-refractivity contribution in [2.75, 3.05) is 7.11 Å². The monoisotopic (exact) mass is 450 g/mol. The summed E-state index contributed by atoms with van der Waals surface area (Å²) in [5, 5.41) is 0.738. The lowest BCUT2D eigenvalue weighted by Gasteiger charge is -2.08. The van der Waals surface area contributed by atoms with Gasteiger partial charge in [-0.3, -0.25) is 20.4 Å². The van der Waals surface area contributed by atoms with Crippen molar-refractivity contribution in [3.05, 3.63) is 82.7 Å². The fourth-order valence-electron chi connectivity index (χ4n) is 2.97. The van der Waals surface area contributed by atoms with E-state index in [0.717, 1.165) is 33.4 Å². The third kappa shape index (κ3) is 7.09. The maximum atomic E-state index is 12.3. The molecule has 1 heterocycles. The highest BCUT2D eigenvalue weighted by atomic mass is 32.2. The summed E-state index contributed by atoms with van der Waals surface area (Å²) in [7, 11) is 1.61. The van der Waals surface area contributed by atoms with Gasteiger partial charge in [0.25, 0.3) is 5.91 Å². The van der Waals surface area contributed by atoms with E-state index in [-0.39, 0.29) is 18.2 Å². The number of aromatic nitrogens is 2. The van der Waals surface area contributed by atoms with Crippen LogP contribution in [0.2, 0.25) is 0 Å². The molecule has 2 amide bonds. The molecule has 0 bridgehead atoms. The Morgan fingerprint density at radius 3 is 2.16 bits per heavy atom. The number of ether oxygens (including phenoxy) is 1. The number of aryl methyl sites for hydroxylation is 3. The first-order chi connectivity index (χ1) is 15.4. The van der Waals surface area contributed by atoms with E-state index in [2.05, 4.69) is 20.8 Å². The van der Waals surface area contributed by atoms with Crippen LogP contribution in [0, 0.1) is 13.8 Å². The fraction of sp³-hybridized carbons (Fsp3) is 0.250. The summed E-state index contributed by atoms with van der Waals surface area (Å²) < 4.78 is 5.12. The molecule has 32 heavy (non-hydrogen) atoms. The van der Waals surface area contributed by atoms with Crippen molar-refractivity contribution >= 4 is 23.6 Å². The number of carbonyl (C=O) groups is 2. The predicted octanol–water partition coefficient (Wildman–Crippen LogP) is 3.79. The zero-order chi connectivity index (χ0) is 22.9. The predicted molar refractivity (Wildman–Crippen MR) is 124 cm³/mol. The van der Waals surface area contributed by atoms with Crippen LogP contribution < -0.4 is 15.6 Å². The average Bonchev–Trinajstić information content (AvgIpc) is 2.80. The summed E-state index contributed by atoms with van der Waals surface area (Å²) in [6.07, 6.45) is 0.839. The number of nitrogens with zero attached hydrogens (tertiary/aromatic N) is 2. The summed E-state index contributed by atoms with van der Waals surface area (Å²) in [4.78, 5) is 33.2. The molecule has 0 aliphatic rings.